The van der Waals surface area contributed by atoms with Crippen LogP contribution in [0.2, 0.25) is 0 Å². The molecular weight excluding hydrogens is 346 g/mol. The molecule has 3 amide bonds. The van der Waals surface area contributed by atoms with Gasteiger partial charge in [0.15, 0.2) is 0 Å². The van der Waals surface area contributed by atoms with Crippen molar-refractivity contribution in [1.82, 2.24) is 10.2 Å². The molecule has 134 valence electrons. The lowest BCUT2D eigenvalue weighted by atomic mass is 10.2. The van der Waals surface area contributed by atoms with E-state index in [1.54, 1.807) is 24.3 Å². The molecule has 0 saturated carbocycles. The molecule has 3 N–H and O–H groups in total. The second-order valence-electron chi connectivity index (χ2n) is 5.48. The van der Waals surface area contributed by atoms with E-state index in [9.17, 15) is 19.2 Å². The van der Waals surface area contributed by atoms with E-state index < -0.39 is 35.8 Å². The number of carbonyl (C=O) groups is 4. The zero-order valence-electron chi connectivity index (χ0n) is 13.6. The van der Waals surface area contributed by atoms with Gasteiger partial charge in [0.2, 0.25) is 11.8 Å². The van der Waals surface area contributed by atoms with Crippen LogP contribution in [0.25, 0.3) is 0 Å². The van der Waals surface area contributed by atoms with Crippen LogP contribution >= 0.6 is 11.8 Å². The number of nitrogens with zero attached hydrogens (tertiary/aromatic N) is 1. The number of esters is 1. The first-order valence-electron chi connectivity index (χ1n) is 7.59. The molecule has 1 aliphatic heterocycles. The highest BCUT2D eigenvalue weighted by Crippen LogP contribution is 2.21. The molecule has 1 aromatic rings. The predicted octanol–water partition coefficient (Wildman–Crippen LogP) is -0.379. The standard InChI is InChI=1S/C16H19N3O5S/c1-10(15(22)19-9-25-8-12(19)13(17)20)18-14(21)16(23)24-7-11-5-3-2-4-6-11/h2-6,10,12H,7-9H2,1H3,(H2,17,20)(H,18,21)/t10-,12+/m0/s1. The molecule has 0 aromatic heterocycles. The van der Waals surface area contributed by atoms with E-state index in [4.69, 9.17) is 10.5 Å². The highest BCUT2D eigenvalue weighted by Gasteiger charge is 2.36. The van der Waals surface area contributed by atoms with Crippen LogP contribution in [-0.2, 0) is 30.5 Å². The molecule has 0 spiro atoms. The summed E-state index contributed by atoms with van der Waals surface area (Å²) in [5.41, 5.74) is 6.00. The largest absolute Gasteiger partial charge is 0.454 e. The molecule has 2 rings (SSSR count). The summed E-state index contributed by atoms with van der Waals surface area (Å²) in [5.74, 6) is -2.44. The molecule has 25 heavy (non-hydrogen) atoms. The van der Waals surface area contributed by atoms with E-state index >= 15 is 0 Å². The van der Waals surface area contributed by atoms with Crippen molar-refractivity contribution in [2.24, 2.45) is 5.73 Å². The van der Waals surface area contributed by atoms with E-state index in [2.05, 4.69) is 5.32 Å². The third-order valence-electron chi connectivity index (χ3n) is 3.61. The van der Waals surface area contributed by atoms with Crippen molar-refractivity contribution in [2.45, 2.75) is 25.6 Å². The van der Waals surface area contributed by atoms with Crippen LogP contribution in [0.4, 0.5) is 0 Å². The van der Waals surface area contributed by atoms with Crippen molar-refractivity contribution in [3.63, 3.8) is 0 Å². The van der Waals surface area contributed by atoms with Crippen molar-refractivity contribution in [3.05, 3.63) is 35.9 Å². The van der Waals surface area contributed by atoms with E-state index in [1.165, 1.54) is 23.6 Å². The summed E-state index contributed by atoms with van der Waals surface area (Å²) < 4.78 is 4.90. The molecule has 0 unspecified atom stereocenters. The lowest BCUT2D eigenvalue weighted by Crippen LogP contribution is -2.53. The predicted molar refractivity (Wildman–Crippen MR) is 91.0 cm³/mol. The number of amides is 3. The van der Waals surface area contributed by atoms with Gasteiger partial charge in [-0.2, -0.15) is 0 Å². The smallest absolute Gasteiger partial charge is 0.397 e. The summed E-state index contributed by atoms with van der Waals surface area (Å²) in [6, 6.07) is 7.22. The minimum Gasteiger partial charge on any atom is -0.454 e. The summed E-state index contributed by atoms with van der Waals surface area (Å²) in [6.45, 7) is 1.40. The average molecular weight is 365 g/mol. The summed E-state index contributed by atoms with van der Waals surface area (Å²) in [7, 11) is 0. The van der Waals surface area contributed by atoms with Gasteiger partial charge in [-0.15, -0.1) is 11.8 Å². The molecule has 2 atom stereocenters. The molecule has 1 aliphatic rings. The number of benzene rings is 1. The van der Waals surface area contributed by atoms with Crippen LogP contribution in [-0.4, -0.2) is 52.3 Å². The van der Waals surface area contributed by atoms with Gasteiger partial charge in [-0.25, -0.2) is 4.79 Å². The number of nitrogens with one attached hydrogen (secondary N) is 1. The number of nitrogens with two attached hydrogens (primary N) is 1. The van der Waals surface area contributed by atoms with Gasteiger partial charge < -0.3 is 20.7 Å². The average Bonchev–Trinajstić information content (AvgIpc) is 3.09. The van der Waals surface area contributed by atoms with Crippen molar-refractivity contribution in [1.29, 1.82) is 0 Å². The number of hydrogen-bond donors (Lipinski definition) is 2. The molecule has 1 heterocycles. The van der Waals surface area contributed by atoms with Gasteiger partial charge >= 0.3 is 11.9 Å². The lowest BCUT2D eigenvalue weighted by Gasteiger charge is -2.24. The normalized spacial score (nSPS) is 17.6. The minimum atomic E-state index is -1.08. The molecular formula is C16H19N3O5S. The summed E-state index contributed by atoms with van der Waals surface area (Å²) in [6.07, 6.45) is 0. The fourth-order valence-corrected chi connectivity index (χ4v) is 3.43. The summed E-state index contributed by atoms with van der Waals surface area (Å²) in [5, 5.41) is 2.29. The summed E-state index contributed by atoms with van der Waals surface area (Å²) in [4.78, 5) is 48.6. The number of thioether (sulfide) groups is 1. The molecule has 1 saturated heterocycles. The highest BCUT2D eigenvalue weighted by molar-refractivity contribution is 7.99. The highest BCUT2D eigenvalue weighted by atomic mass is 32.2. The maximum atomic E-state index is 12.3. The first kappa shape index (κ1) is 18.8. The van der Waals surface area contributed by atoms with Crippen LogP contribution < -0.4 is 11.1 Å². The number of ether oxygens (including phenoxy) is 1. The third-order valence-corrected chi connectivity index (χ3v) is 4.62. The number of rotatable bonds is 5. The maximum absolute atomic E-state index is 12.3. The molecule has 1 fully saturated rings. The lowest BCUT2D eigenvalue weighted by molar-refractivity contribution is -0.156. The molecule has 9 heteroatoms. The first-order valence-corrected chi connectivity index (χ1v) is 8.74. The van der Waals surface area contributed by atoms with Crippen LogP contribution in [0.5, 0.6) is 0 Å². The van der Waals surface area contributed by atoms with Gasteiger partial charge in [0.25, 0.3) is 0 Å². The molecule has 0 radical (unpaired) electrons. The monoisotopic (exact) mass is 365 g/mol. The first-order chi connectivity index (χ1) is 11.9. The van der Waals surface area contributed by atoms with Gasteiger partial charge in [0.1, 0.15) is 18.7 Å². The zero-order valence-corrected chi connectivity index (χ0v) is 14.5. The zero-order chi connectivity index (χ0) is 18.4. The Labute approximate surface area is 149 Å². The number of carbonyl (C=O) groups excluding carboxylic acids is 4. The topological polar surface area (TPSA) is 119 Å². The van der Waals surface area contributed by atoms with Gasteiger partial charge in [-0.1, -0.05) is 30.3 Å². The van der Waals surface area contributed by atoms with E-state index in [-0.39, 0.29) is 6.61 Å². The fourth-order valence-electron chi connectivity index (χ4n) is 2.25. The van der Waals surface area contributed by atoms with Gasteiger partial charge in [-0.05, 0) is 12.5 Å². The Hall–Kier alpha value is -2.55. The Morgan fingerprint density at radius 2 is 2.00 bits per heavy atom. The van der Waals surface area contributed by atoms with Gasteiger partial charge in [0.05, 0.1) is 5.88 Å². The SMILES string of the molecule is C[C@H](NC(=O)C(=O)OCc1ccccc1)C(=O)N1CSC[C@@H]1C(N)=O. The number of hydrogen-bond acceptors (Lipinski definition) is 6. The molecule has 0 aliphatic carbocycles. The minimum absolute atomic E-state index is 0.0397. The van der Waals surface area contributed by atoms with Crippen LogP contribution in [0.15, 0.2) is 30.3 Å². The van der Waals surface area contributed by atoms with Crippen molar-refractivity contribution < 1.29 is 23.9 Å². The molecule has 8 nitrogen and oxygen atoms in total. The Morgan fingerprint density at radius 1 is 1.32 bits per heavy atom. The van der Waals surface area contributed by atoms with Crippen LogP contribution in [0, 0.1) is 0 Å². The second kappa shape index (κ2) is 8.52. The molecule has 1 aromatic carbocycles. The van der Waals surface area contributed by atoms with Gasteiger partial charge in [-0.3, -0.25) is 14.4 Å². The van der Waals surface area contributed by atoms with E-state index in [0.29, 0.717) is 11.6 Å². The van der Waals surface area contributed by atoms with Crippen LogP contribution in [0.1, 0.15) is 12.5 Å². The Balaban J connectivity index is 1.85. The fraction of sp³-hybridized carbons (Fsp3) is 0.375. The summed E-state index contributed by atoms with van der Waals surface area (Å²) >= 11 is 1.40. The second-order valence-corrected chi connectivity index (χ2v) is 6.48. The molecule has 0 bridgehead atoms. The van der Waals surface area contributed by atoms with Crippen molar-refractivity contribution in [3.8, 4) is 0 Å². The van der Waals surface area contributed by atoms with Crippen molar-refractivity contribution >= 4 is 35.5 Å². The Morgan fingerprint density at radius 3 is 2.64 bits per heavy atom. The van der Waals surface area contributed by atoms with Crippen molar-refractivity contribution in [2.75, 3.05) is 11.6 Å². The van der Waals surface area contributed by atoms with E-state index in [0.717, 1.165) is 5.56 Å². The van der Waals surface area contributed by atoms with Gasteiger partial charge in [0, 0.05) is 5.75 Å². The number of primary amides is 1. The maximum Gasteiger partial charge on any atom is 0.397 e. The Kier molecular flexibility index (Phi) is 6.40. The van der Waals surface area contributed by atoms with E-state index in [1.807, 2.05) is 6.07 Å². The Bertz CT molecular complexity index is 667. The quantitative estimate of drug-likeness (QED) is 0.542. The third kappa shape index (κ3) is 4.96. The van der Waals surface area contributed by atoms with Crippen LogP contribution in [0.3, 0.4) is 0 Å².